The van der Waals surface area contributed by atoms with E-state index >= 15 is 0 Å². The molecule has 1 aromatic carbocycles. The average Bonchev–Trinajstić information content (AvgIpc) is 2.53. The highest BCUT2D eigenvalue weighted by molar-refractivity contribution is 5.67. The molecule has 0 aliphatic carbocycles. The molecule has 0 fully saturated rings. The number of anilines is 1. The van der Waals surface area contributed by atoms with Crippen molar-refractivity contribution in [2.24, 2.45) is 0 Å². The van der Waals surface area contributed by atoms with Crippen molar-refractivity contribution in [3.05, 3.63) is 59.4 Å². The van der Waals surface area contributed by atoms with Crippen molar-refractivity contribution >= 4 is 11.8 Å². The first-order chi connectivity index (χ1) is 11.7. The van der Waals surface area contributed by atoms with Crippen LogP contribution in [0.15, 0.2) is 42.7 Å². The average molecular weight is 341 g/mol. The second kappa shape index (κ2) is 8.01. The third kappa shape index (κ3) is 6.10. The molecule has 0 radical (unpaired) electrons. The maximum absolute atomic E-state index is 12.1. The number of benzene rings is 1. The van der Waals surface area contributed by atoms with Crippen molar-refractivity contribution in [2.45, 2.75) is 46.4 Å². The van der Waals surface area contributed by atoms with E-state index in [-0.39, 0.29) is 6.09 Å². The molecule has 0 saturated carbocycles. The summed E-state index contributed by atoms with van der Waals surface area (Å²) < 4.78 is 5.38. The molecular formula is C20H27N3O2. The molecule has 0 aliphatic heterocycles. The zero-order chi connectivity index (χ0) is 18.4. The van der Waals surface area contributed by atoms with E-state index in [4.69, 9.17) is 4.74 Å². The number of ether oxygens (including phenoxy) is 1. The highest BCUT2D eigenvalue weighted by atomic mass is 16.6. The minimum absolute atomic E-state index is 0.322. The molecule has 0 unspecified atom stereocenters. The quantitative estimate of drug-likeness (QED) is 0.877. The lowest BCUT2D eigenvalue weighted by molar-refractivity contribution is 0.0285. The Morgan fingerprint density at radius 3 is 2.72 bits per heavy atom. The molecule has 1 amide bonds. The summed E-state index contributed by atoms with van der Waals surface area (Å²) in [5.74, 6) is 0. The van der Waals surface area contributed by atoms with E-state index in [0.717, 1.165) is 11.3 Å². The first kappa shape index (κ1) is 18.8. The van der Waals surface area contributed by atoms with Gasteiger partial charge >= 0.3 is 6.09 Å². The Morgan fingerprint density at radius 2 is 2.04 bits per heavy atom. The number of nitrogens with zero attached hydrogens (tertiary/aromatic N) is 2. The Bertz CT molecular complexity index is 723. The van der Waals surface area contributed by atoms with Gasteiger partial charge in [0.2, 0.25) is 0 Å². The first-order valence-corrected chi connectivity index (χ1v) is 8.41. The van der Waals surface area contributed by atoms with E-state index in [1.807, 2.05) is 57.3 Å². The summed E-state index contributed by atoms with van der Waals surface area (Å²) in [6.07, 6.45) is 3.35. The molecule has 134 valence electrons. The van der Waals surface area contributed by atoms with Gasteiger partial charge in [0, 0.05) is 38.2 Å². The van der Waals surface area contributed by atoms with Crippen LogP contribution in [0.3, 0.4) is 0 Å². The van der Waals surface area contributed by atoms with E-state index in [1.165, 1.54) is 11.1 Å². The second-order valence-corrected chi connectivity index (χ2v) is 7.19. The number of aromatic nitrogens is 1. The van der Waals surface area contributed by atoms with Crippen LogP contribution in [0.2, 0.25) is 0 Å². The number of carbonyl (C=O) groups is 1. The summed E-state index contributed by atoms with van der Waals surface area (Å²) in [4.78, 5) is 17.8. The van der Waals surface area contributed by atoms with Crippen LogP contribution in [0.25, 0.3) is 0 Å². The van der Waals surface area contributed by atoms with Crippen LogP contribution in [-0.2, 0) is 17.8 Å². The fourth-order valence-corrected chi connectivity index (χ4v) is 2.34. The van der Waals surface area contributed by atoms with Crippen LogP contribution < -0.4 is 5.32 Å². The number of hydrogen-bond acceptors (Lipinski definition) is 4. The monoisotopic (exact) mass is 341 g/mol. The zero-order valence-electron chi connectivity index (χ0n) is 15.7. The van der Waals surface area contributed by atoms with Crippen LogP contribution in [-0.4, -0.2) is 28.6 Å². The molecule has 2 aromatic rings. The Morgan fingerprint density at radius 1 is 1.28 bits per heavy atom. The van der Waals surface area contributed by atoms with Crippen LogP contribution in [0.1, 0.15) is 37.5 Å². The van der Waals surface area contributed by atoms with Crippen molar-refractivity contribution in [1.29, 1.82) is 0 Å². The van der Waals surface area contributed by atoms with Gasteiger partial charge in [-0.2, -0.15) is 0 Å². The highest BCUT2D eigenvalue weighted by Crippen LogP contribution is 2.16. The van der Waals surface area contributed by atoms with E-state index < -0.39 is 5.60 Å². The fraction of sp³-hybridized carbons (Fsp3) is 0.400. The Hall–Kier alpha value is -2.56. The number of hydrogen-bond donors (Lipinski definition) is 1. The number of nitrogens with one attached hydrogen (secondary N) is 1. The second-order valence-electron chi connectivity index (χ2n) is 7.19. The number of amides is 1. The van der Waals surface area contributed by atoms with Gasteiger partial charge in [-0.3, -0.25) is 4.98 Å². The van der Waals surface area contributed by atoms with Crippen LogP contribution in [0.4, 0.5) is 10.5 Å². The van der Waals surface area contributed by atoms with E-state index in [2.05, 4.69) is 17.2 Å². The van der Waals surface area contributed by atoms with E-state index in [0.29, 0.717) is 13.1 Å². The standard InChI is InChI=1S/C20H27N3O2/c1-15-9-10-21-12-17(15)13-22-18-8-6-7-16(11-18)14-23(5)19(24)25-20(2,3)4/h6-12,22H,13-14H2,1-5H3. The van der Waals surface area contributed by atoms with Gasteiger partial charge in [0.05, 0.1) is 0 Å². The van der Waals surface area contributed by atoms with Gasteiger partial charge in [-0.15, -0.1) is 0 Å². The van der Waals surface area contributed by atoms with Crippen molar-refractivity contribution in [3.63, 3.8) is 0 Å². The molecular weight excluding hydrogens is 314 g/mol. The van der Waals surface area contributed by atoms with Crippen molar-refractivity contribution in [2.75, 3.05) is 12.4 Å². The maximum atomic E-state index is 12.1. The molecule has 0 atom stereocenters. The zero-order valence-corrected chi connectivity index (χ0v) is 15.7. The van der Waals surface area contributed by atoms with Crippen LogP contribution in [0.5, 0.6) is 0 Å². The first-order valence-electron chi connectivity index (χ1n) is 8.41. The summed E-state index contributed by atoms with van der Waals surface area (Å²) in [5.41, 5.74) is 3.94. The summed E-state index contributed by atoms with van der Waals surface area (Å²) in [6.45, 7) is 8.88. The smallest absolute Gasteiger partial charge is 0.410 e. The summed E-state index contributed by atoms with van der Waals surface area (Å²) in [6, 6.07) is 10.1. The largest absolute Gasteiger partial charge is 0.444 e. The molecule has 5 heteroatoms. The highest BCUT2D eigenvalue weighted by Gasteiger charge is 2.19. The van der Waals surface area contributed by atoms with Crippen LogP contribution >= 0.6 is 0 Å². The minimum atomic E-state index is -0.490. The molecule has 1 aromatic heterocycles. The lowest BCUT2D eigenvalue weighted by Gasteiger charge is -2.24. The van der Waals surface area contributed by atoms with Gasteiger partial charge in [-0.1, -0.05) is 12.1 Å². The molecule has 0 spiro atoms. The Labute approximate surface area is 150 Å². The molecule has 0 aliphatic rings. The minimum Gasteiger partial charge on any atom is -0.444 e. The van der Waals surface area contributed by atoms with Crippen LogP contribution in [0, 0.1) is 6.92 Å². The molecule has 0 saturated heterocycles. The SMILES string of the molecule is Cc1ccncc1CNc1cccc(CN(C)C(=O)OC(C)(C)C)c1. The number of aryl methyl sites for hydroxylation is 1. The van der Waals surface area contributed by atoms with Crippen molar-refractivity contribution in [3.8, 4) is 0 Å². The predicted octanol–water partition coefficient (Wildman–Crippen LogP) is 4.37. The Kier molecular flexibility index (Phi) is 6.02. The van der Waals surface area contributed by atoms with Gasteiger partial charge in [0.1, 0.15) is 5.60 Å². The van der Waals surface area contributed by atoms with E-state index in [1.54, 1.807) is 18.1 Å². The third-order valence-corrected chi connectivity index (χ3v) is 3.68. The maximum Gasteiger partial charge on any atom is 0.410 e. The normalized spacial score (nSPS) is 11.1. The fourth-order valence-electron chi connectivity index (χ4n) is 2.34. The number of rotatable bonds is 5. The van der Waals surface area contributed by atoms with Crippen molar-refractivity contribution in [1.82, 2.24) is 9.88 Å². The summed E-state index contributed by atoms with van der Waals surface area (Å²) >= 11 is 0. The summed E-state index contributed by atoms with van der Waals surface area (Å²) in [5, 5.41) is 3.41. The number of pyridine rings is 1. The Balaban J connectivity index is 1.96. The third-order valence-electron chi connectivity index (χ3n) is 3.68. The molecule has 5 nitrogen and oxygen atoms in total. The molecule has 0 bridgehead atoms. The number of carbonyl (C=O) groups excluding carboxylic acids is 1. The molecule has 1 N–H and O–H groups in total. The van der Waals surface area contributed by atoms with E-state index in [9.17, 15) is 4.79 Å². The summed E-state index contributed by atoms with van der Waals surface area (Å²) in [7, 11) is 1.74. The predicted molar refractivity (Wildman–Crippen MR) is 100 cm³/mol. The molecule has 1 heterocycles. The van der Waals surface area contributed by atoms with Gasteiger partial charge in [0.25, 0.3) is 0 Å². The van der Waals surface area contributed by atoms with Gasteiger partial charge in [0.15, 0.2) is 0 Å². The lowest BCUT2D eigenvalue weighted by atomic mass is 10.1. The van der Waals surface area contributed by atoms with Gasteiger partial charge < -0.3 is 15.0 Å². The lowest BCUT2D eigenvalue weighted by Crippen LogP contribution is -2.33. The van der Waals surface area contributed by atoms with Crippen molar-refractivity contribution < 1.29 is 9.53 Å². The molecule has 2 rings (SSSR count). The van der Waals surface area contributed by atoms with Gasteiger partial charge in [-0.05, 0) is 62.6 Å². The van der Waals surface area contributed by atoms with Gasteiger partial charge in [-0.25, -0.2) is 4.79 Å². The topological polar surface area (TPSA) is 54.5 Å². The molecule has 25 heavy (non-hydrogen) atoms.